The lowest BCUT2D eigenvalue weighted by molar-refractivity contribution is 0.370. The second-order valence-corrected chi connectivity index (χ2v) is 5.70. The van der Waals surface area contributed by atoms with E-state index in [9.17, 15) is 13.9 Å². The number of ether oxygens (including phenoxy) is 1. The van der Waals surface area contributed by atoms with Crippen LogP contribution < -0.4 is 15.4 Å². The van der Waals surface area contributed by atoms with Gasteiger partial charge in [-0.2, -0.15) is 0 Å². The second-order valence-electron chi connectivity index (χ2n) is 5.70. The third kappa shape index (κ3) is 4.84. The van der Waals surface area contributed by atoms with E-state index in [0.29, 0.717) is 29.4 Å². The average Bonchev–Trinajstić information content (AvgIpc) is 2.63. The summed E-state index contributed by atoms with van der Waals surface area (Å²) in [4.78, 5) is 4.44. The molecule has 2 aromatic rings. The SMILES string of the molecule is CCNC(=NCc1cccc(OC)c1O)NC(C)c1ccc(F)c(F)c1. The van der Waals surface area contributed by atoms with Gasteiger partial charge in [0.15, 0.2) is 29.1 Å². The largest absolute Gasteiger partial charge is 0.504 e. The molecule has 0 amide bonds. The van der Waals surface area contributed by atoms with Gasteiger partial charge in [0.1, 0.15) is 0 Å². The molecular weight excluding hydrogens is 340 g/mol. The number of aromatic hydroxyl groups is 1. The van der Waals surface area contributed by atoms with E-state index in [0.717, 1.165) is 12.1 Å². The van der Waals surface area contributed by atoms with Gasteiger partial charge in [-0.1, -0.05) is 18.2 Å². The number of phenolic OH excluding ortho intramolecular Hbond substituents is 1. The predicted molar refractivity (Wildman–Crippen MR) is 97.4 cm³/mol. The molecule has 0 spiro atoms. The number of hydrogen-bond acceptors (Lipinski definition) is 3. The molecule has 1 unspecified atom stereocenters. The number of halogens is 2. The van der Waals surface area contributed by atoms with Crippen LogP contribution in [0.3, 0.4) is 0 Å². The molecule has 2 aromatic carbocycles. The number of rotatable bonds is 6. The zero-order valence-corrected chi connectivity index (χ0v) is 15.0. The molecule has 0 aliphatic rings. The van der Waals surface area contributed by atoms with Crippen LogP contribution >= 0.6 is 0 Å². The number of para-hydroxylation sites is 1. The summed E-state index contributed by atoms with van der Waals surface area (Å²) in [6.07, 6.45) is 0. The number of aliphatic imine (C=N–C) groups is 1. The fraction of sp³-hybridized carbons (Fsp3) is 0.316. The van der Waals surface area contributed by atoms with E-state index in [4.69, 9.17) is 4.74 Å². The summed E-state index contributed by atoms with van der Waals surface area (Å²) >= 11 is 0. The monoisotopic (exact) mass is 363 g/mol. The molecule has 0 fully saturated rings. The second kappa shape index (κ2) is 9.03. The number of benzene rings is 2. The van der Waals surface area contributed by atoms with Gasteiger partial charge in [0.05, 0.1) is 19.7 Å². The predicted octanol–water partition coefficient (Wildman–Crippen LogP) is 3.50. The summed E-state index contributed by atoms with van der Waals surface area (Å²) in [6, 6.07) is 8.68. The molecule has 1 atom stereocenters. The van der Waals surface area contributed by atoms with Gasteiger partial charge in [-0.25, -0.2) is 13.8 Å². The molecule has 0 aliphatic heterocycles. The van der Waals surface area contributed by atoms with Crippen LogP contribution in [0, 0.1) is 11.6 Å². The Bertz CT molecular complexity index is 781. The van der Waals surface area contributed by atoms with Crippen molar-refractivity contribution in [1.29, 1.82) is 0 Å². The van der Waals surface area contributed by atoms with Crippen LogP contribution in [0.15, 0.2) is 41.4 Å². The van der Waals surface area contributed by atoms with E-state index >= 15 is 0 Å². The lowest BCUT2D eigenvalue weighted by atomic mass is 10.1. The van der Waals surface area contributed by atoms with Crippen molar-refractivity contribution in [3.05, 3.63) is 59.2 Å². The molecule has 7 heteroatoms. The lowest BCUT2D eigenvalue weighted by Crippen LogP contribution is -2.38. The molecule has 26 heavy (non-hydrogen) atoms. The highest BCUT2D eigenvalue weighted by Crippen LogP contribution is 2.29. The van der Waals surface area contributed by atoms with Crippen molar-refractivity contribution in [2.45, 2.75) is 26.4 Å². The fourth-order valence-corrected chi connectivity index (χ4v) is 2.41. The van der Waals surface area contributed by atoms with Crippen LogP contribution in [0.4, 0.5) is 8.78 Å². The van der Waals surface area contributed by atoms with E-state index in [2.05, 4.69) is 15.6 Å². The van der Waals surface area contributed by atoms with Crippen LogP contribution in [0.5, 0.6) is 11.5 Å². The molecule has 0 aliphatic carbocycles. The highest BCUT2D eigenvalue weighted by atomic mass is 19.2. The number of nitrogens with one attached hydrogen (secondary N) is 2. The first-order valence-electron chi connectivity index (χ1n) is 8.30. The zero-order chi connectivity index (χ0) is 19.1. The van der Waals surface area contributed by atoms with E-state index in [1.807, 2.05) is 13.8 Å². The van der Waals surface area contributed by atoms with Crippen molar-refractivity contribution in [2.24, 2.45) is 4.99 Å². The maximum Gasteiger partial charge on any atom is 0.192 e. The first-order chi connectivity index (χ1) is 12.5. The average molecular weight is 363 g/mol. The van der Waals surface area contributed by atoms with Crippen molar-refractivity contribution in [1.82, 2.24) is 10.6 Å². The van der Waals surface area contributed by atoms with E-state index in [1.165, 1.54) is 13.2 Å². The molecule has 3 N–H and O–H groups in total. The molecule has 0 aromatic heterocycles. The first kappa shape index (κ1) is 19.5. The smallest absolute Gasteiger partial charge is 0.192 e. The molecular formula is C19H23F2N3O2. The Labute approximate surface area is 151 Å². The van der Waals surface area contributed by atoms with Crippen LogP contribution in [0.1, 0.15) is 31.0 Å². The van der Waals surface area contributed by atoms with Crippen molar-refractivity contribution >= 4 is 5.96 Å². The summed E-state index contributed by atoms with van der Waals surface area (Å²) in [5, 5.41) is 16.4. The lowest BCUT2D eigenvalue weighted by Gasteiger charge is -2.18. The molecule has 0 saturated carbocycles. The third-order valence-corrected chi connectivity index (χ3v) is 3.85. The highest BCUT2D eigenvalue weighted by Gasteiger charge is 2.12. The number of hydrogen-bond donors (Lipinski definition) is 3. The maximum absolute atomic E-state index is 13.4. The topological polar surface area (TPSA) is 65.9 Å². The number of nitrogens with zero attached hydrogens (tertiary/aromatic N) is 1. The van der Waals surface area contributed by atoms with Gasteiger partial charge in [-0.05, 0) is 37.6 Å². The van der Waals surface area contributed by atoms with Crippen LogP contribution in [-0.2, 0) is 6.54 Å². The Morgan fingerprint density at radius 2 is 2.00 bits per heavy atom. The van der Waals surface area contributed by atoms with Gasteiger partial charge in [0.25, 0.3) is 0 Å². The minimum absolute atomic E-state index is 0.0447. The van der Waals surface area contributed by atoms with Crippen molar-refractivity contribution in [3.63, 3.8) is 0 Å². The fourth-order valence-electron chi connectivity index (χ4n) is 2.41. The van der Waals surface area contributed by atoms with Crippen molar-refractivity contribution in [2.75, 3.05) is 13.7 Å². The van der Waals surface area contributed by atoms with Gasteiger partial charge in [-0.3, -0.25) is 0 Å². The van der Waals surface area contributed by atoms with Gasteiger partial charge >= 0.3 is 0 Å². The first-order valence-corrected chi connectivity index (χ1v) is 8.30. The minimum Gasteiger partial charge on any atom is -0.504 e. The zero-order valence-electron chi connectivity index (χ0n) is 15.0. The van der Waals surface area contributed by atoms with Crippen LogP contribution in [-0.4, -0.2) is 24.7 Å². The molecule has 5 nitrogen and oxygen atoms in total. The third-order valence-electron chi connectivity index (χ3n) is 3.85. The van der Waals surface area contributed by atoms with E-state index in [1.54, 1.807) is 18.2 Å². The normalized spacial score (nSPS) is 12.6. The Morgan fingerprint density at radius 1 is 1.23 bits per heavy atom. The quantitative estimate of drug-likeness (QED) is 0.543. The van der Waals surface area contributed by atoms with Crippen molar-refractivity contribution in [3.8, 4) is 11.5 Å². The minimum atomic E-state index is -0.889. The summed E-state index contributed by atoms with van der Waals surface area (Å²) in [5.74, 6) is -0.851. The van der Waals surface area contributed by atoms with Gasteiger partial charge in [0, 0.05) is 12.1 Å². The van der Waals surface area contributed by atoms with E-state index in [-0.39, 0.29) is 18.3 Å². The molecule has 0 saturated heterocycles. The number of phenols is 1. The summed E-state index contributed by atoms with van der Waals surface area (Å²) in [7, 11) is 1.48. The Kier molecular flexibility index (Phi) is 6.77. The Balaban J connectivity index is 2.14. The van der Waals surface area contributed by atoms with Gasteiger partial charge < -0.3 is 20.5 Å². The summed E-state index contributed by atoms with van der Waals surface area (Å²) in [6.45, 7) is 4.59. The molecule has 0 bridgehead atoms. The molecule has 2 rings (SSSR count). The summed E-state index contributed by atoms with van der Waals surface area (Å²) in [5.41, 5.74) is 1.21. The molecule has 0 heterocycles. The standard InChI is InChI=1S/C19H23F2N3O2/c1-4-22-19(23-11-14-6-5-7-17(26-3)18(14)25)24-12(2)13-8-9-15(20)16(21)10-13/h5-10,12,25H,4,11H2,1-3H3,(H2,22,23,24). The molecule has 140 valence electrons. The van der Waals surface area contributed by atoms with Gasteiger partial charge in [-0.15, -0.1) is 0 Å². The van der Waals surface area contributed by atoms with Crippen LogP contribution in [0.2, 0.25) is 0 Å². The Morgan fingerprint density at radius 3 is 2.65 bits per heavy atom. The van der Waals surface area contributed by atoms with Crippen LogP contribution in [0.25, 0.3) is 0 Å². The van der Waals surface area contributed by atoms with E-state index < -0.39 is 11.6 Å². The number of methoxy groups -OCH3 is 1. The summed E-state index contributed by atoms with van der Waals surface area (Å²) < 4.78 is 31.6. The van der Waals surface area contributed by atoms with Crippen molar-refractivity contribution < 1.29 is 18.6 Å². The Hall–Kier alpha value is -2.83. The highest BCUT2D eigenvalue weighted by molar-refractivity contribution is 5.80. The maximum atomic E-state index is 13.4. The van der Waals surface area contributed by atoms with Gasteiger partial charge in [0.2, 0.25) is 0 Å². The number of guanidine groups is 1. The molecule has 0 radical (unpaired) electrons.